The summed E-state index contributed by atoms with van der Waals surface area (Å²) in [6, 6.07) is 18.1. The lowest BCUT2D eigenvalue weighted by Gasteiger charge is -2.35. The van der Waals surface area contributed by atoms with E-state index in [1.165, 1.54) is 5.56 Å². The fraction of sp³-hybridized carbons (Fsp3) is 0.440. The van der Waals surface area contributed by atoms with Gasteiger partial charge in [-0.15, -0.1) is 0 Å². The average Bonchev–Trinajstić information content (AvgIpc) is 3.33. The van der Waals surface area contributed by atoms with Gasteiger partial charge < -0.3 is 15.0 Å². The van der Waals surface area contributed by atoms with Crippen molar-refractivity contribution < 1.29 is 14.3 Å². The minimum atomic E-state index is -0.661. The van der Waals surface area contributed by atoms with Crippen LogP contribution in [0, 0.1) is 0 Å². The number of aryl methyl sites for hydroxylation is 1. The fourth-order valence-corrected chi connectivity index (χ4v) is 5.49. The molecule has 0 bridgehead atoms. The highest BCUT2D eigenvalue weighted by molar-refractivity contribution is 6.07. The summed E-state index contributed by atoms with van der Waals surface area (Å²) in [5.74, 6) is 0.155. The van der Waals surface area contributed by atoms with Crippen molar-refractivity contribution in [3.8, 4) is 0 Å². The van der Waals surface area contributed by atoms with Crippen molar-refractivity contribution >= 4 is 17.5 Å². The number of amides is 2. The van der Waals surface area contributed by atoms with Crippen LogP contribution in [0.3, 0.4) is 0 Å². The van der Waals surface area contributed by atoms with Crippen LogP contribution in [0.4, 0.5) is 5.69 Å². The van der Waals surface area contributed by atoms with Crippen LogP contribution in [0.15, 0.2) is 54.6 Å². The van der Waals surface area contributed by atoms with Crippen molar-refractivity contribution in [3.05, 3.63) is 65.7 Å². The Hall–Kier alpha value is -2.70. The minimum Gasteiger partial charge on any atom is -0.379 e. The van der Waals surface area contributed by atoms with Crippen molar-refractivity contribution in [2.75, 3.05) is 44.7 Å². The molecule has 0 unspecified atom stereocenters. The predicted molar refractivity (Wildman–Crippen MR) is 119 cm³/mol. The largest absolute Gasteiger partial charge is 0.379 e. The number of anilines is 1. The number of nitrogens with zero attached hydrogens (tertiary/aromatic N) is 2. The minimum absolute atomic E-state index is 0.0356. The zero-order valence-electron chi connectivity index (χ0n) is 17.8. The summed E-state index contributed by atoms with van der Waals surface area (Å²) < 4.78 is 5.43. The molecule has 0 aliphatic carbocycles. The molecule has 2 aromatic carbocycles. The van der Waals surface area contributed by atoms with Gasteiger partial charge in [-0.2, -0.15) is 0 Å². The Morgan fingerprint density at radius 3 is 2.58 bits per heavy atom. The van der Waals surface area contributed by atoms with Crippen LogP contribution < -0.4 is 5.32 Å². The van der Waals surface area contributed by atoms with Gasteiger partial charge in [-0.05, 0) is 36.5 Å². The van der Waals surface area contributed by atoms with E-state index in [-0.39, 0.29) is 17.9 Å². The number of ether oxygens (including phenoxy) is 1. The summed E-state index contributed by atoms with van der Waals surface area (Å²) in [7, 11) is 0. The molecule has 2 saturated heterocycles. The van der Waals surface area contributed by atoms with Gasteiger partial charge in [0.2, 0.25) is 11.8 Å². The lowest BCUT2D eigenvalue weighted by Crippen LogP contribution is -2.51. The van der Waals surface area contributed by atoms with E-state index < -0.39 is 5.41 Å². The van der Waals surface area contributed by atoms with Crippen molar-refractivity contribution in [3.63, 3.8) is 0 Å². The molecule has 2 aromatic rings. The highest BCUT2D eigenvalue weighted by atomic mass is 16.5. The van der Waals surface area contributed by atoms with Gasteiger partial charge in [0.25, 0.3) is 0 Å². The second-order valence-corrected chi connectivity index (χ2v) is 8.74. The molecule has 0 saturated carbocycles. The van der Waals surface area contributed by atoms with Crippen LogP contribution >= 0.6 is 0 Å². The van der Waals surface area contributed by atoms with E-state index >= 15 is 0 Å². The van der Waals surface area contributed by atoms with E-state index in [1.54, 1.807) is 0 Å². The lowest BCUT2D eigenvalue weighted by molar-refractivity contribution is -0.135. The predicted octanol–water partition coefficient (Wildman–Crippen LogP) is 2.44. The number of fused-ring (bicyclic) bond motifs is 2. The van der Waals surface area contributed by atoms with E-state index in [1.807, 2.05) is 41.3 Å². The molecule has 6 heteroatoms. The molecule has 3 aliphatic heterocycles. The van der Waals surface area contributed by atoms with Gasteiger partial charge >= 0.3 is 0 Å². The number of para-hydroxylation sites is 1. The first kappa shape index (κ1) is 20.2. The molecule has 6 nitrogen and oxygen atoms in total. The molecule has 2 fully saturated rings. The fourth-order valence-electron chi connectivity index (χ4n) is 5.49. The third-order valence-corrected chi connectivity index (χ3v) is 7.09. The Labute approximate surface area is 183 Å². The summed E-state index contributed by atoms with van der Waals surface area (Å²) >= 11 is 0. The molecule has 2 amide bonds. The Kier molecular flexibility index (Phi) is 5.50. The van der Waals surface area contributed by atoms with Crippen molar-refractivity contribution in [2.24, 2.45) is 0 Å². The van der Waals surface area contributed by atoms with Crippen LogP contribution in [0.25, 0.3) is 0 Å². The lowest BCUT2D eigenvalue weighted by atomic mass is 9.73. The third-order valence-electron chi connectivity index (χ3n) is 7.09. The number of rotatable bonds is 5. The monoisotopic (exact) mass is 419 g/mol. The molecule has 5 rings (SSSR count). The number of likely N-dealkylation sites (tertiary alicyclic amines) is 1. The van der Waals surface area contributed by atoms with E-state index in [0.717, 1.165) is 37.2 Å². The number of nitrogens with one attached hydrogen (secondary N) is 1. The maximum Gasteiger partial charge on any atom is 0.237 e. The Morgan fingerprint density at radius 2 is 1.77 bits per heavy atom. The second-order valence-electron chi connectivity index (χ2n) is 8.74. The van der Waals surface area contributed by atoms with E-state index in [4.69, 9.17) is 4.74 Å². The SMILES string of the molecule is O=C(CN1CCOCC1)N1CC[C@@]2(C(=O)Nc3ccccc32)[C@@H]1CCc1ccccc1. The molecule has 162 valence electrons. The molecule has 1 spiro atoms. The van der Waals surface area contributed by atoms with E-state index in [0.29, 0.717) is 32.7 Å². The molecule has 1 N–H and O–H groups in total. The van der Waals surface area contributed by atoms with Gasteiger partial charge in [0.1, 0.15) is 0 Å². The average molecular weight is 420 g/mol. The van der Waals surface area contributed by atoms with Gasteiger partial charge in [-0.3, -0.25) is 14.5 Å². The molecule has 3 heterocycles. The zero-order chi connectivity index (χ0) is 21.3. The van der Waals surface area contributed by atoms with Crippen molar-refractivity contribution in [1.82, 2.24) is 9.80 Å². The number of hydrogen-bond acceptors (Lipinski definition) is 4. The topological polar surface area (TPSA) is 61.9 Å². The van der Waals surface area contributed by atoms with Crippen LogP contribution in [-0.2, 0) is 26.2 Å². The number of morpholine rings is 1. The number of benzene rings is 2. The normalized spacial score (nSPS) is 25.6. The summed E-state index contributed by atoms with van der Waals surface area (Å²) in [4.78, 5) is 30.9. The van der Waals surface area contributed by atoms with Crippen molar-refractivity contribution in [2.45, 2.75) is 30.7 Å². The number of hydrogen-bond donors (Lipinski definition) is 1. The maximum absolute atomic E-state index is 13.4. The molecular weight excluding hydrogens is 390 g/mol. The van der Waals surface area contributed by atoms with E-state index in [2.05, 4.69) is 28.4 Å². The molecule has 0 radical (unpaired) electrons. The highest BCUT2D eigenvalue weighted by Crippen LogP contribution is 2.49. The summed E-state index contributed by atoms with van der Waals surface area (Å²) in [5, 5.41) is 3.10. The zero-order valence-corrected chi connectivity index (χ0v) is 17.8. The first-order valence-electron chi connectivity index (χ1n) is 11.2. The standard InChI is InChI=1S/C25H29N3O3/c29-23(18-27-14-16-31-17-15-27)28-13-12-25(20-8-4-5-9-21(20)26-24(25)30)22(28)11-10-19-6-2-1-3-7-19/h1-9,22H,10-18H2,(H,26,30)/t22-,25-/m0/s1. The highest BCUT2D eigenvalue weighted by Gasteiger charge is 2.58. The summed E-state index contributed by atoms with van der Waals surface area (Å²) in [6.45, 7) is 3.91. The summed E-state index contributed by atoms with van der Waals surface area (Å²) in [6.07, 6.45) is 2.27. The van der Waals surface area contributed by atoms with Gasteiger partial charge in [0.15, 0.2) is 0 Å². The molecule has 31 heavy (non-hydrogen) atoms. The Balaban J connectivity index is 1.44. The first-order chi connectivity index (χ1) is 15.2. The number of carbonyl (C=O) groups is 2. The smallest absolute Gasteiger partial charge is 0.237 e. The third kappa shape index (κ3) is 3.64. The molecular formula is C25H29N3O3. The Bertz CT molecular complexity index is 957. The van der Waals surface area contributed by atoms with Crippen LogP contribution in [0.2, 0.25) is 0 Å². The van der Waals surface area contributed by atoms with E-state index in [9.17, 15) is 9.59 Å². The van der Waals surface area contributed by atoms with Gasteiger partial charge in [0, 0.05) is 25.3 Å². The van der Waals surface area contributed by atoms with Crippen LogP contribution in [0.1, 0.15) is 24.0 Å². The number of carbonyl (C=O) groups excluding carboxylic acids is 2. The van der Waals surface area contributed by atoms with Gasteiger partial charge in [0.05, 0.1) is 31.2 Å². The van der Waals surface area contributed by atoms with Gasteiger partial charge in [-0.1, -0.05) is 48.5 Å². The van der Waals surface area contributed by atoms with Gasteiger partial charge in [-0.25, -0.2) is 0 Å². The second kappa shape index (κ2) is 8.44. The molecule has 0 aromatic heterocycles. The summed E-state index contributed by atoms with van der Waals surface area (Å²) in [5.41, 5.74) is 2.50. The van der Waals surface area contributed by atoms with Crippen molar-refractivity contribution in [1.29, 1.82) is 0 Å². The Morgan fingerprint density at radius 1 is 1.03 bits per heavy atom. The van der Waals surface area contributed by atoms with Crippen LogP contribution in [0.5, 0.6) is 0 Å². The molecule has 2 atom stereocenters. The first-order valence-corrected chi connectivity index (χ1v) is 11.2. The van der Waals surface area contributed by atoms with Crippen LogP contribution in [-0.4, -0.2) is 67.0 Å². The quantitative estimate of drug-likeness (QED) is 0.809. The maximum atomic E-state index is 13.4. The molecule has 3 aliphatic rings.